The summed E-state index contributed by atoms with van der Waals surface area (Å²) < 4.78 is 4.03. The Labute approximate surface area is 235 Å². The van der Waals surface area contributed by atoms with Crippen molar-refractivity contribution >= 4 is 57.7 Å². The van der Waals surface area contributed by atoms with Gasteiger partial charge < -0.3 is 15.2 Å². The number of carbonyl (C=O) groups is 1. The third-order valence-electron chi connectivity index (χ3n) is 6.81. The lowest BCUT2D eigenvalue weighted by molar-refractivity contribution is 0.102. The van der Waals surface area contributed by atoms with Crippen molar-refractivity contribution in [2.45, 2.75) is 32.4 Å². The monoisotopic (exact) mass is 563 g/mol. The van der Waals surface area contributed by atoms with E-state index in [0.29, 0.717) is 33.0 Å². The molecule has 1 aliphatic rings. The van der Waals surface area contributed by atoms with Gasteiger partial charge in [-0.1, -0.05) is 59.1 Å². The number of aryl methyl sites for hydroxylation is 2. The van der Waals surface area contributed by atoms with Crippen molar-refractivity contribution in [2.75, 3.05) is 10.6 Å². The highest BCUT2D eigenvalue weighted by atomic mass is 35.5. The minimum Gasteiger partial charge on any atom is -0.378 e. The second-order valence-electron chi connectivity index (χ2n) is 9.27. The van der Waals surface area contributed by atoms with Crippen molar-refractivity contribution in [1.29, 1.82) is 0 Å². The standard InChI is InChI=1S/C29H24Cl3N5O/c30-19-10-12-20(13-11-19)33-17-25-35-37-27(28(38)34-21-6-2-1-3-7-21)26(18-9-14-23(31)24(32)16-18)22-8-4-5-15-36(25)29(22)37/h1-3,6-7,9-14,16,33H,4-5,8,15,17H2,(H,34,38). The van der Waals surface area contributed by atoms with Gasteiger partial charge in [0.1, 0.15) is 11.3 Å². The third-order valence-corrected chi connectivity index (χ3v) is 7.80. The van der Waals surface area contributed by atoms with Gasteiger partial charge in [0.2, 0.25) is 0 Å². The molecule has 5 aromatic rings. The second-order valence-corrected chi connectivity index (χ2v) is 10.5. The fraction of sp³-hybridized carbons (Fsp3) is 0.172. The molecule has 0 radical (unpaired) electrons. The number of nitrogens with zero attached hydrogens (tertiary/aromatic N) is 3. The van der Waals surface area contributed by atoms with E-state index in [0.717, 1.165) is 59.7 Å². The van der Waals surface area contributed by atoms with Gasteiger partial charge in [-0.15, -0.1) is 0 Å². The van der Waals surface area contributed by atoms with Crippen LogP contribution in [0.4, 0.5) is 11.4 Å². The number of hydrogen-bond acceptors (Lipinski definition) is 3. The quantitative estimate of drug-likeness (QED) is 0.220. The maximum atomic E-state index is 13.9. The van der Waals surface area contributed by atoms with E-state index in [1.807, 2.05) is 66.7 Å². The fourth-order valence-corrected chi connectivity index (χ4v) is 5.49. The molecule has 3 aromatic carbocycles. The largest absolute Gasteiger partial charge is 0.378 e. The highest BCUT2D eigenvalue weighted by Gasteiger charge is 2.30. The van der Waals surface area contributed by atoms with Crippen molar-refractivity contribution < 1.29 is 4.79 Å². The van der Waals surface area contributed by atoms with Gasteiger partial charge in [0.05, 0.1) is 16.6 Å². The van der Waals surface area contributed by atoms with Gasteiger partial charge in [-0.2, -0.15) is 5.10 Å². The van der Waals surface area contributed by atoms with E-state index in [4.69, 9.17) is 39.9 Å². The molecule has 0 saturated heterocycles. The summed E-state index contributed by atoms with van der Waals surface area (Å²) in [5.41, 5.74) is 5.84. The van der Waals surface area contributed by atoms with Crippen LogP contribution in [0.5, 0.6) is 0 Å². The maximum absolute atomic E-state index is 13.9. The highest BCUT2D eigenvalue weighted by Crippen LogP contribution is 2.39. The molecule has 2 N–H and O–H groups in total. The van der Waals surface area contributed by atoms with E-state index in [1.54, 1.807) is 10.6 Å². The molecule has 0 fully saturated rings. The van der Waals surface area contributed by atoms with Crippen molar-refractivity contribution in [2.24, 2.45) is 0 Å². The average Bonchev–Trinajstić information content (AvgIpc) is 3.32. The van der Waals surface area contributed by atoms with E-state index < -0.39 is 0 Å². The van der Waals surface area contributed by atoms with Gasteiger partial charge in [-0.25, -0.2) is 4.52 Å². The Morgan fingerprint density at radius 3 is 2.45 bits per heavy atom. The van der Waals surface area contributed by atoms with Crippen molar-refractivity contribution in [1.82, 2.24) is 14.2 Å². The van der Waals surface area contributed by atoms with Crippen LogP contribution < -0.4 is 10.6 Å². The molecule has 9 heteroatoms. The Bertz CT molecular complexity index is 1640. The fourth-order valence-electron chi connectivity index (χ4n) is 5.07. The summed E-state index contributed by atoms with van der Waals surface area (Å²) in [6.07, 6.45) is 2.84. The molecular formula is C29H24Cl3N5O. The van der Waals surface area contributed by atoms with Crippen LogP contribution in [-0.4, -0.2) is 20.1 Å². The van der Waals surface area contributed by atoms with Gasteiger partial charge in [0.15, 0.2) is 5.82 Å². The maximum Gasteiger partial charge on any atom is 0.275 e. The van der Waals surface area contributed by atoms with Gasteiger partial charge >= 0.3 is 0 Å². The van der Waals surface area contributed by atoms with E-state index >= 15 is 0 Å². The molecule has 1 aliphatic heterocycles. The lowest BCUT2D eigenvalue weighted by Gasteiger charge is -2.11. The van der Waals surface area contributed by atoms with Gasteiger partial charge in [0, 0.05) is 34.1 Å². The zero-order chi connectivity index (χ0) is 26.2. The van der Waals surface area contributed by atoms with Crippen LogP contribution in [0.2, 0.25) is 15.1 Å². The smallest absolute Gasteiger partial charge is 0.275 e. The minimum atomic E-state index is -0.235. The van der Waals surface area contributed by atoms with Crippen LogP contribution in [0, 0.1) is 0 Å². The summed E-state index contributed by atoms with van der Waals surface area (Å²) in [5, 5.41) is 13.1. The Morgan fingerprint density at radius 1 is 0.895 bits per heavy atom. The summed E-state index contributed by atoms with van der Waals surface area (Å²) in [4.78, 5) is 13.9. The summed E-state index contributed by atoms with van der Waals surface area (Å²) in [6, 6.07) is 22.5. The Balaban J connectivity index is 1.50. The molecule has 1 amide bonds. The van der Waals surface area contributed by atoms with Crippen LogP contribution in [0.1, 0.15) is 34.7 Å². The van der Waals surface area contributed by atoms with Crippen LogP contribution in [0.15, 0.2) is 72.8 Å². The first-order valence-corrected chi connectivity index (χ1v) is 13.6. The molecule has 6 rings (SSSR count). The first-order valence-electron chi connectivity index (χ1n) is 12.4. The minimum absolute atomic E-state index is 0.235. The number of hydrogen-bond donors (Lipinski definition) is 2. The van der Waals surface area contributed by atoms with Crippen LogP contribution in [0.3, 0.4) is 0 Å². The molecular weight excluding hydrogens is 541 g/mol. The average molecular weight is 565 g/mol. The zero-order valence-corrected chi connectivity index (χ0v) is 22.6. The number of anilines is 2. The van der Waals surface area contributed by atoms with Crippen molar-refractivity contribution in [3.8, 4) is 11.1 Å². The van der Waals surface area contributed by atoms with E-state index in [2.05, 4.69) is 15.2 Å². The molecule has 0 bridgehead atoms. The predicted octanol–water partition coefficient (Wildman–Crippen LogP) is 7.96. The number of rotatable bonds is 6. The molecule has 0 aliphatic carbocycles. The second kappa shape index (κ2) is 10.4. The molecule has 192 valence electrons. The Hall–Kier alpha value is -3.45. The molecule has 0 atom stereocenters. The number of halogens is 3. The molecule has 0 saturated carbocycles. The zero-order valence-electron chi connectivity index (χ0n) is 20.3. The van der Waals surface area contributed by atoms with Gasteiger partial charge in [-0.3, -0.25) is 4.79 Å². The van der Waals surface area contributed by atoms with Gasteiger partial charge in [-0.05, 0) is 73.4 Å². The number of benzene rings is 3. The first-order chi connectivity index (χ1) is 18.5. The number of nitrogens with one attached hydrogen (secondary N) is 2. The van der Waals surface area contributed by atoms with Crippen LogP contribution >= 0.6 is 34.8 Å². The number of aromatic nitrogens is 3. The third kappa shape index (κ3) is 4.64. The molecule has 3 heterocycles. The number of para-hydroxylation sites is 1. The van der Waals surface area contributed by atoms with E-state index in [-0.39, 0.29) is 5.91 Å². The van der Waals surface area contributed by atoms with E-state index in [9.17, 15) is 4.79 Å². The number of carbonyl (C=O) groups excluding carboxylic acids is 1. The lowest BCUT2D eigenvalue weighted by Crippen LogP contribution is -2.16. The predicted molar refractivity (Wildman–Crippen MR) is 155 cm³/mol. The lowest BCUT2D eigenvalue weighted by atomic mass is 9.98. The summed E-state index contributed by atoms with van der Waals surface area (Å²) in [5.74, 6) is 0.619. The summed E-state index contributed by atoms with van der Waals surface area (Å²) in [6.45, 7) is 1.32. The molecule has 6 nitrogen and oxygen atoms in total. The molecule has 0 unspecified atom stereocenters. The Kier molecular flexibility index (Phi) is 6.78. The van der Waals surface area contributed by atoms with Crippen molar-refractivity contribution in [3.05, 3.63) is 105 Å². The molecule has 38 heavy (non-hydrogen) atoms. The van der Waals surface area contributed by atoms with Crippen LogP contribution in [-0.2, 0) is 19.5 Å². The Morgan fingerprint density at radius 2 is 1.68 bits per heavy atom. The first kappa shape index (κ1) is 24.9. The number of amides is 1. The van der Waals surface area contributed by atoms with Gasteiger partial charge in [0.25, 0.3) is 5.91 Å². The normalized spacial score (nSPS) is 12.9. The van der Waals surface area contributed by atoms with E-state index in [1.165, 1.54) is 0 Å². The highest BCUT2D eigenvalue weighted by molar-refractivity contribution is 6.42. The molecule has 2 aromatic heterocycles. The molecule has 0 spiro atoms. The summed E-state index contributed by atoms with van der Waals surface area (Å²) in [7, 11) is 0. The van der Waals surface area contributed by atoms with Crippen molar-refractivity contribution in [3.63, 3.8) is 0 Å². The summed E-state index contributed by atoms with van der Waals surface area (Å²) >= 11 is 18.7. The topological polar surface area (TPSA) is 63.4 Å². The van der Waals surface area contributed by atoms with Crippen LogP contribution in [0.25, 0.3) is 16.8 Å². The SMILES string of the molecule is O=C(Nc1ccccc1)c1c(-c2ccc(Cl)c(Cl)c2)c2c3n(c(CNc4ccc(Cl)cc4)nn13)CCCC2.